The standard InChI is InChI=1S/C14H18N2/c1-10-12-6-3-4-7-13(12)16-9-5-8-15-11(2)14(10)16/h3-4,6-7,11,15H,5,8-9H2,1-2H3. The van der Waals surface area contributed by atoms with Crippen LogP contribution in [-0.2, 0) is 6.54 Å². The summed E-state index contributed by atoms with van der Waals surface area (Å²) in [4.78, 5) is 0. The molecular formula is C14H18N2. The molecule has 0 bridgehead atoms. The molecule has 2 heterocycles. The third-order valence-electron chi connectivity index (χ3n) is 3.69. The second-order valence-corrected chi connectivity index (χ2v) is 4.71. The van der Waals surface area contributed by atoms with Crippen LogP contribution in [0.3, 0.4) is 0 Å². The minimum absolute atomic E-state index is 0.467. The molecule has 2 heteroatoms. The smallest absolute Gasteiger partial charge is 0.0485 e. The number of para-hydroxylation sites is 1. The molecule has 1 aliphatic heterocycles. The molecule has 3 rings (SSSR count). The van der Waals surface area contributed by atoms with Crippen molar-refractivity contribution in [1.29, 1.82) is 0 Å². The third kappa shape index (κ3) is 1.30. The molecule has 0 fully saturated rings. The molecule has 1 aromatic carbocycles. The molecule has 0 radical (unpaired) electrons. The van der Waals surface area contributed by atoms with Gasteiger partial charge in [0.2, 0.25) is 0 Å². The summed E-state index contributed by atoms with van der Waals surface area (Å²) in [5.74, 6) is 0. The zero-order valence-corrected chi connectivity index (χ0v) is 9.96. The van der Waals surface area contributed by atoms with E-state index in [1.807, 2.05) is 0 Å². The van der Waals surface area contributed by atoms with Crippen LogP contribution in [0, 0.1) is 6.92 Å². The molecule has 0 aliphatic carbocycles. The van der Waals surface area contributed by atoms with E-state index in [0.29, 0.717) is 6.04 Å². The Hall–Kier alpha value is -1.28. The average molecular weight is 214 g/mol. The van der Waals surface area contributed by atoms with Gasteiger partial charge in [-0.1, -0.05) is 18.2 Å². The van der Waals surface area contributed by atoms with Gasteiger partial charge in [-0.25, -0.2) is 0 Å². The maximum Gasteiger partial charge on any atom is 0.0485 e. The Morgan fingerprint density at radius 1 is 1.31 bits per heavy atom. The lowest BCUT2D eigenvalue weighted by Gasteiger charge is -2.13. The molecule has 84 valence electrons. The fraction of sp³-hybridized carbons (Fsp3) is 0.429. The molecule has 0 saturated heterocycles. The highest BCUT2D eigenvalue weighted by molar-refractivity contribution is 5.85. The van der Waals surface area contributed by atoms with E-state index in [2.05, 4.69) is 48.0 Å². The molecule has 1 N–H and O–H groups in total. The number of nitrogens with one attached hydrogen (secondary N) is 1. The number of hydrogen-bond donors (Lipinski definition) is 1. The number of aryl methyl sites for hydroxylation is 2. The summed E-state index contributed by atoms with van der Waals surface area (Å²) < 4.78 is 2.50. The highest BCUT2D eigenvalue weighted by Gasteiger charge is 2.20. The predicted molar refractivity (Wildman–Crippen MR) is 67.7 cm³/mol. The summed E-state index contributed by atoms with van der Waals surface area (Å²) in [6, 6.07) is 9.21. The molecule has 1 atom stereocenters. The van der Waals surface area contributed by atoms with Crippen LogP contribution < -0.4 is 5.32 Å². The van der Waals surface area contributed by atoms with E-state index in [0.717, 1.165) is 13.1 Å². The number of benzene rings is 1. The van der Waals surface area contributed by atoms with Crippen LogP contribution in [-0.4, -0.2) is 11.1 Å². The van der Waals surface area contributed by atoms with Crippen LogP contribution in [0.4, 0.5) is 0 Å². The van der Waals surface area contributed by atoms with Crippen molar-refractivity contribution in [2.45, 2.75) is 32.9 Å². The van der Waals surface area contributed by atoms with E-state index in [9.17, 15) is 0 Å². The van der Waals surface area contributed by atoms with E-state index in [1.165, 1.54) is 28.6 Å². The van der Waals surface area contributed by atoms with Crippen molar-refractivity contribution in [3.8, 4) is 0 Å². The lowest BCUT2D eigenvalue weighted by molar-refractivity contribution is 0.580. The van der Waals surface area contributed by atoms with Gasteiger partial charge in [-0.3, -0.25) is 0 Å². The second kappa shape index (κ2) is 3.63. The molecule has 1 unspecified atom stereocenters. The monoisotopic (exact) mass is 214 g/mol. The Morgan fingerprint density at radius 2 is 2.12 bits per heavy atom. The minimum atomic E-state index is 0.467. The number of rotatable bonds is 0. The molecular weight excluding hydrogens is 196 g/mol. The van der Waals surface area contributed by atoms with Gasteiger partial charge in [0.25, 0.3) is 0 Å². The van der Waals surface area contributed by atoms with Crippen LogP contribution in [0.5, 0.6) is 0 Å². The van der Waals surface area contributed by atoms with Crippen molar-refractivity contribution in [1.82, 2.24) is 9.88 Å². The first kappa shape index (κ1) is 9.91. The quantitative estimate of drug-likeness (QED) is 0.713. The van der Waals surface area contributed by atoms with E-state index in [1.54, 1.807) is 0 Å². The Balaban J connectivity index is 2.34. The second-order valence-electron chi connectivity index (χ2n) is 4.71. The molecule has 16 heavy (non-hydrogen) atoms. The van der Waals surface area contributed by atoms with Gasteiger partial charge < -0.3 is 9.88 Å². The van der Waals surface area contributed by atoms with Gasteiger partial charge in [0.15, 0.2) is 0 Å². The van der Waals surface area contributed by atoms with Crippen LogP contribution in [0.1, 0.15) is 30.6 Å². The summed E-state index contributed by atoms with van der Waals surface area (Å²) in [6.07, 6.45) is 1.22. The molecule has 1 aromatic heterocycles. The van der Waals surface area contributed by atoms with Gasteiger partial charge in [0.05, 0.1) is 0 Å². The van der Waals surface area contributed by atoms with E-state index in [-0.39, 0.29) is 0 Å². The maximum absolute atomic E-state index is 3.58. The van der Waals surface area contributed by atoms with E-state index >= 15 is 0 Å². The van der Waals surface area contributed by atoms with Crippen molar-refractivity contribution in [2.24, 2.45) is 0 Å². The maximum atomic E-state index is 3.58. The molecule has 1 aliphatic rings. The SMILES string of the molecule is Cc1c2n(c3ccccc13)CCCNC2C. The van der Waals surface area contributed by atoms with Crippen molar-refractivity contribution >= 4 is 10.9 Å². The van der Waals surface area contributed by atoms with Crippen molar-refractivity contribution in [3.05, 3.63) is 35.5 Å². The van der Waals surface area contributed by atoms with E-state index < -0.39 is 0 Å². The first-order valence-corrected chi connectivity index (χ1v) is 6.10. The van der Waals surface area contributed by atoms with Gasteiger partial charge >= 0.3 is 0 Å². The van der Waals surface area contributed by atoms with Gasteiger partial charge in [0, 0.05) is 29.2 Å². The fourth-order valence-electron chi connectivity index (χ4n) is 2.95. The third-order valence-corrected chi connectivity index (χ3v) is 3.69. The lowest BCUT2D eigenvalue weighted by Crippen LogP contribution is -2.18. The zero-order chi connectivity index (χ0) is 11.1. The molecule has 0 spiro atoms. The Labute approximate surface area is 96.3 Å². The first-order chi connectivity index (χ1) is 7.79. The van der Waals surface area contributed by atoms with Crippen molar-refractivity contribution in [3.63, 3.8) is 0 Å². The minimum Gasteiger partial charge on any atom is -0.343 e. The fourth-order valence-corrected chi connectivity index (χ4v) is 2.95. The predicted octanol–water partition coefficient (Wildman–Crippen LogP) is 3.00. The summed E-state index contributed by atoms with van der Waals surface area (Å²) in [7, 11) is 0. The molecule has 0 saturated carbocycles. The first-order valence-electron chi connectivity index (χ1n) is 6.10. The number of fused-ring (bicyclic) bond motifs is 3. The van der Waals surface area contributed by atoms with Gasteiger partial charge in [-0.2, -0.15) is 0 Å². The normalized spacial score (nSPS) is 20.8. The van der Waals surface area contributed by atoms with Crippen LogP contribution >= 0.6 is 0 Å². The van der Waals surface area contributed by atoms with Gasteiger partial charge in [-0.15, -0.1) is 0 Å². The van der Waals surface area contributed by atoms with Crippen molar-refractivity contribution < 1.29 is 0 Å². The highest BCUT2D eigenvalue weighted by atomic mass is 15.1. The molecule has 0 amide bonds. The summed E-state index contributed by atoms with van der Waals surface area (Å²) in [6.45, 7) is 6.78. The lowest BCUT2D eigenvalue weighted by atomic mass is 10.1. The number of nitrogens with zero attached hydrogens (tertiary/aromatic N) is 1. The number of hydrogen-bond acceptors (Lipinski definition) is 1. The van der Waals surface area contributed by atoms with Crippen LogP contribution in [0.2, 0.25) is 0 Å². The zero-order valence-electron chi connectivity index (χ0n) is 9.96. The topological polar surface area (TPSA) is 17.0 Å². The number of aromatic nitrogens is 1. The van der Waals surface area contributed by atoms with Gasteiger partial charge in [-0.05, 0) is 38.4 Å². The molecule has 2 nitrogen and oxygen atoms in total. The Morgan fingerprint density at radius 3 is 3.00 bits per heavy atom. The largest absolute Gasteiger partial charge is 0.343 e. The Kier molecular flexibility index (Phi) is 2.25. The summed E-state index contributed by atoms with van der Waals surface area (Å²) in [5.41, 5.74) is 4.31. The van der Waals surface area contributed by atoms with E-state index in [4.69, 9.17) is 0 Å². The Bertz CT molecular complexity index is 525. The van der Waals surface area contributed by atoms with Crippen LogP contribution in [0.25, 0.3) is 10.9 Å². The van der Waals surface area contributed by atoms with Crippen LogP contribution in [0.15, 0.2) is 24.3 Å². The molecule has 2 aromatic rings. The average Bonchev–Trinajstić information content (AvgIpc) is 2.46. The van der Waals surface area contributed by atoms with Crippen molar-refractivity contribution in [2.75, 3.05) is 6.54 Å². The summed E-state index contributed by atoms with van der Waals surface area (Å²) >= 11 is 0. The highest BCUT2D eigenvalue weighted by Crippen LogP contribution is 2.30. The van der Waals surface area contributed by atoms with Gasteiger partial charge in [0.1, 0.15) is 0 Å². The summed E-state index contributed by atoms with van der Waals surface area (Å²) in [5, 5.41) is 4.99.